The lowest BCUT2D eigenvalue weighted by atomic mass is 10.1. The number of fused-ring (bicyclic) bond motifs is 1. The molecule has 120 valence electrons. The minimum atomic E-state index is -1.22. The van der Waals surface area contributed by atoms with Crippen molar-refractivity contribution >= 4 is 35.1 Å². The van der Waals surface area contributed by atoms with Crippen LogP contribution in [0.15, 0.2) is 35.2 Å². The Kier molecular flexibility index (Phi) is 3.68. The van der Waals surface area contributed by atoms with Gasteiger partial charge in [0.1, 0.15) is 5.82 Å². The molecule has 6 nitrogen and oxygen atoms in total. The van der Waals surface area contributed by atoms with E-state index in [1.165, 1.54) is 11.8 Å². The highest BCUT2D eigenvalue weighted by Crippen LogP contribution is 2.45. The number of carbonyl (C=O) groups excluding carboxylic acids is 2. The van der Waals surface area contributed by atoms with Crippen molar-refractivity contribution in [1.82, 2.24) is 9.78 Å². The zero-order chi connectivity index (χ0) is 16.8. The summed E-state index contributed by atoms with van der Waals surface area (Å²) >= 11 is 1.28. The Hall–Kier alpha value is -2.28. The number of hydrogen-bond acceptors (Lipinski definition) is 4. The number of aromatic nitrogens is 2. The number of anilines is 2. The van der Waals surface area contributed by atoms with Crippen molar-refractivity contribution < 1.29 is 9.59 Å². The van der Waals surface area contributed by atoms with Crippen LogP contribution in [-0.4, -0.2) is 33.4 Å². The van der Waals surface area contributed by atoms with Crippen LogP contribution in [0.5, 0.6) is 0 Å². The van der Waals surface area contributed by atoms with Crippen molar-refractivity contribution in [3.63, 3.8) is 0 Å². The van der Waals surface area contributed by atoms with Crippen LogP contribution < -0.4 is 10.2 Å². The standard InChI is InChI=1S/C16H18N4O2S/c1-10-9-13(20(4)18-10)17-14(21)16(2)15(22)19(3)11-7-5-6-8-12(11)23-16/h5-9H,1-4H3,(H,17,21)/t16-/m0/s1. The fraction of sp³-hybridized carbons (Fsp3) is 0.312. The van der Waals surface area contributed by atoms with Gasteiger partial charge in [0, 0.05) is 25.1 Å². The molecule has 2 aromatic rings. The summed E-state index contributed by atoms with van der Waals surface area (Å²) < 4.78 is 0.369. The Labute approximate surface area is 138 Å². The van der Waals surface area contributed by atoms with Crippen LogP contribution in [0.25, 0.3) is 0 Å². The van der Waals surface area contributed by atoms with E-state index in [0.29, 0.717) is 5.82 Å². The van der Waals surface area contributed by atoms with Crippen LogP contribution >= 0.6 is 11.8 Å². The molecule has 1 aliphatic heterocycles. The summed E-state index contributed by atoms with van der Waals surface area (Å²) in [5.41, 5.74) is 1.63. The summed E-state index contributed by atoms with van der Waals surface area (Å²) in [4.78, 5) is 28.0. The maximum atomic E-state index is 12.8. The van der Waals surface area contributed by atoms with Crippen LogP contribution in [0, 0.1) is 6.92 Å². The fourth-order valence-electron chi connectivity index (χ4n) is 2.62. The monoisotopic (exact) mass is 330 g/mol. The molecule has 0 saturated carbocycles. The molecule has 0 radical (unpaired) electrons. The first kappa shape index (κ1) is 15.6. The molecule has 7 heteroatoms. The molecule has 0 bridgehead atoms. The molecule has 1 aromatic heterocycles. The van der Waals surface area contributed by atoms with Gasteiger partial charge in [-0.1, -0.05) is 23.9 Å². The van der Waals surface area contributed by atoms with Gasteiger partial charge in [0.25, 0.3) is 11.8 Å². The molecule has 1 aromatic carbocycles. The van der Waals surface area contributed by atoms with Gasteiger partial charge in [-0.15, -0.1) is 0 Å². The molecular weight excluding hydrogens is 312 g/mol. The Morgan fingerprint density at radius 2 is 2.00 bits per heavy atom. The third kappa shape index (κ3) is 2.50. The van der Waals surface area contributed by atoms with E-state index in [4.69, 9.17) is 0 Å². The maximum Gasteiger partial charge on any atom is 0.252 e. The topological polar surface area (TPSA) is 67.2 Å². The average molecular weight is 330 g/mol. The quantitative estimate of drug-likeness (QED) is 0.857. The molecule has 0 saturated heterocycles. The number of amides is 2. The highest BCUT2D eigenvalue weighted by Gasteiger charge is 2.48. The predicted molar refractivity (Wildman–Crippen MR) is 90.7 cm³/mol. The molecule has 0 aliphatic carbocycles. The highest BCUT2D eigenvalue weighted by atomic mass is 32.2. The van der Waals surface area contributed by atoms with Crippen LogP contribution in [0.3, 0.4) is 0 Å². The molecule has 23 heavy (non-hydrogen) atoms. The van der Waals surface area contributed by atoms with Gasteiger partial charge in [-0.25, -0.2) is 0 Å². The Morgan fingerprint density at radius 1 is 1.30 bits per heavy atom. The van der Waals surface area contributed by atoms with Gasteiger partial charge in [0.2, 0.25) is 0 Å². The lowest BCUT2D eigenvalue weighted by Crippen LogP contribution is -2.53. The van der Waals surface area contributed by atoms with Gasteiger partial charge in [-0.05, 0) is 26.0 Å². The summed E-state index contributed by atoms with van der Waals surface area (Å²) in [7, 11) is 3.45. The van der Waals surface area contributed by atoms with E-state index in [2.05, 4.69) is 10.4 Å². The smallest absolute Gasteiger partial charge is 0.252 e. The maximum absolute atomic E-state index is 12.8. The normalized spacial score (nSPS) is 20.3. The van der Waals surface area contributed by atoms with Gasteiger partial charge in [-0.3, -0.25) is 14.3 Å². The number of nitrogens with one attached hydrogen (secondary N) is 1. The van der Waals surface area contributed by atoms with Gasteiger partial charge < -0.3 is 10.2 Å². The minimum absolute atomic E-state index is 0.238. The number of nitrogens with zero attached hydrogens (tertiary/aromatic N) is 3. The third-order valence-electron chi connectivity index (χ3n) is 3.93. The van der Waals surface area contributed by atoms with E-state index in [9.17, 15) is 9.59 Å². The van der Waals surface area contributed by atoms with Crippen molar-refractivity contribution in [2.75, 3.05) is 17.3 Å². The molecule has 2 heterocycles. The zero-order valence-electron chi connectivity index (χ0n) is 13.5. The van der Waals surface area contributed by atoms with E-state index >= 15 is 0 Å². The summed E-state index contributed by atoms with van der Waals surface area (Å²) in [5.74, 6) is -0.0157. The Morgan fingerprint density at radius 3 is 2.65 bits per heavy atom. The molecular formula is C16H18N4O2S. The predicted octanol–water partition coefficient (Wildman–Crippen LogP) is 2.19. The lowest BCUT2D eigenvalue weighted by molar-refractivity contribution is -0.128. The van der Waals surface area contributed by atoms with Crippen LogP contribution in [0.4, 0.5) is 11.5 Å². The van der Waals surface area contributed by atoms with Gasteiger partial charge in [0.15, 0.2) is 4.75 Å². The SMILES string of the molecule is Cc1cc(NC(=O)[C@]2(C)Sc3ccccc3N(C)C2=O)n(C)n1. The fourth-order valence-corrected chi connectivity index (χ4v) is 3.88. The molecule has 1 atom stereocenters. The van der Waals surface area contributed by atoms with Crippen LogP contribution in [0.1, 0.15) is 12.6 Å². The second-order valence-corrected chi connectivity index (χ2v) is 7.18. The number of carbonyl (C=O) groups is 2. The number of thioether (sulfide) groups is 1. The molecule has 1 aliphatic rings. The van der Waals surface area contributed by atoms with Crippen LogP contribution in [0.2, 0.25) is 0 Å². The van der Waals surface area contributed by atoms with E-state index in [1.807, 2.05) is 31.2 Å². The molecule has 2 amide bonds. The van der Waals surface area contributed by atoms with E-state index in [-0.39, 0.29) is 11.8 Å². The molecule has 0 spiro atoms. The van der Waals surface area contributed by atoms with Crippen molar-refractivity contribution in [3.05, 3.63) is 36.0 Å². The van der Waals surface area contributed by atoms with Crippen molar-refractivity contribution in [1.29, 1.82) is 0 Å². The first-order valence-electron chi connectivity index (χ1n) is 7.21. The largest absolute Gasteiger partial charge is 0.313 e. The van der Waals surface area contributed by atoms with Crippen molar-refractivity contribution in [3.8, 4) is 0 Å². The first-order chi connectivity index (χ1) is 10.8. The summed E-state index contributed by atoms with van der Waals surface area (Å²) in [6.07, 6.45) is 0. The first-order valence-corrected chi connectivity index (χ1v) is 8.03. The Bertz CT molecular complexity index is 801. The summed E-state index contributed by atoms with van der Waals surface area (Å²) in [6.45, 7) is 3.51. The van der Waals surface area contributed by atoms with Gasteiger partial charge in [0.05, 0.1) is 11.4 Å². The van der Waals surface area contributed by atoms with Crippen molar-refractivity contribution in [2.24, 2.45) is 7.05 Å². The van der Waals surface area contributed by atoms with E-state index in [1.54, 1.807) is 36.7 Å². The number of para-hydroxylation sites is 1. The number of aryl methyl sites for hydroxylation is 2. The highest BCUT2D eigenvalue weighted by molar-refractivity contribution is 8.02. The molecule has 0 unspecified atom stereocenters. The second kappa shape index (κ2) is 5.42. The van der Waals surface area contributed by atoms with E-state index < -0.39 is 4.75 Å². The third-order valence-corrected chi connectivity index (χ3v) is 5.26. The summed E-state index contributed by atoms with van der Waals surface area (Å²) in [5, 5.41) is 7.02. The number of benzene rings is 1. The van der Waals surface area contributed by atoms with Crippen LogP contribution in [-0.2, 0) is 16.6 Å². The second-order valence-electron chi connectivity index (χ2n) is 5.72. The zero-order valence-corrected chi connectivity index (χ0v) is 14.3. The molecule has 1 N–H and O–H groups in total. The average Bonchev–Trinajstić information content (AvgIpc) is 2.82. The molecule has 3 rings (SSSR count). The van der Waals surface area contributed by atoms with Crippen molar-refractivity contribution in [2.45, 2.75) is 23.5 Å². The van der Waals surface area contributed by atoms with E-state index in [0.717, 1.165) is 16.3 Å². The lowest BCUT2D eigenvalue weighted by Gasteiger charge is -2.36. The van der Waals surface area contributed by atoms with Gasteiger partial charge >= 0.3 is 0 Å². The summed E-state index contributed by atoms with van der Waals surface area (Å²) in [6, 6.07) is 9.35. The number of rotatable bonds is 2. The Balaban J connectivity index is 1.93. The number of hydrogen-bond donors (Lipinski definition) is 1. The van der Waals surface area contributed by atoms with Gasteiger partial charge in [-0.2, -0.15) is 5.10 Å². The molecule has 0 fully saturated rings. The minimum Gasteiger partial charge on any atom is -0.313 e.